The van der Waals surface area contributed by atoms with Gasteiger partial charge < -0.3 is 14.7 Å². The van der Waals surface area contributed by atoms with Crippen LogP contribution in [0.1, 0.15) is 47.6 Å². The molecule has 0 aromatic carbocycles. The van der Waals surface area contributed by atoms with Crippen LogP contribution in [0.5, 0.6) is 0 Å². The number of H-pyrrole nitrogens is 1. The molecule has 0 spiro atoms. The van der Waals surface area contributed by atoms with Gasteiger partial charge in [-0.1, -0.05) is 13.8 Å². The summed E-state index contributed by atoms with van der Waals surface area (Å²) >= 11 is 0. The number of rotatable bonds is 7. The van der Waals surface area contributed by atoms with Crippen LogP contribution in [0.4, 0.5) is 0 Å². The van der Waals surface area contributed by atoms with E-state index in [1.54, 1.807) is 13.0 Å². The Hall–Kier alpha value is -2.70. The topological polar surface area (TPSA) is 105 Å². The van der Waals surface area contributed by atoms with Crippen LogP contribution in [0.3, 0.4) is 0 Å². The number of aryl methyl sites for hydroxylation is 2. The minimum Gasteiger partial charge on any atom is -0.427 e. The summed E-state index contributed by atoms with van der Waals surface area (Å²) < 4.78 is 5.27. The van der Waals surface area contributed by atoms with Crippen LogP contribution in [0.2, 0.25) is 0 Å². The van der Waals surface area contributed by atoms with Crippen LogP contribution < -0.4 is 16.5 Å². The van der Waals surface area contributed by atoms with E-state index in [4.69, 9.17) is 4.42 Å². The zero-order valence-corrected chi connectivity index (χ0v) is 14.7. The maximum atomic E-state index is 12.3. The van der Waals surface area contributed by atoms with Gasteiger partial charge in [-0.3, -0.25) is 9.59 Å². The lowest BCUT2D eigenvalue weighted by Crippen LogP contribution is -2.31. The van der Waals surface area contributed by atoms with Crippen molar-refractivity contribution in [1.82, 2.24) is 15.3 Å². The fourth-order valence-electron chi connectivity index (χ4n) is 2.44. The Kier molecular flexibility index (Phi) is 6.27. The van der Waals surface area contributed by atoms with Crippen molar-refractivity contribution in [2.24, 2.45) is 5.92 Å². The summed E-state index contributed by atoms with van der Waals surface area (Å²) in [4.78, 5) is 42.0. The van der Waals surface area contributed by atoms with Crippen molar-refractivity contribution in [1.29, 1.82) is 0 Å². The first-order chi connectivity index (χ1) is 11.9. The molecule has 2 N–H and O–H groups in total. The zero-order valence-electron chi connectivity index (χ0n) is 14.7. The molecule has 0 saturated carbocycles. The average molecular weight is 345 g/mol. The van der Waals surface area contributed by atoms with Gasteiger partial charge in [-0.25, -0.2) is 9.78 Å². The van der Waals surface area contributed by atoms with E-state index in [0.717, 1.165) is 6.42 Å². The molecule has 0 radical (unpaired) electrons. The number of nitrogens with one attached hydrogen (secondary N) is 2. The molecule has 25 heavy (non-hydrogen) atoms. The Morgan fingerprint density at radius 1 is 1.28 bits per heavy atom. The second-order valence-electron chi connectivity index (χ2n) is 6.40. The number of aromatic amines is 1. The first-order valence-corrected chi connectivity index (χ1v) is 8.32. The van der Waals surface area contributed by atoms with Crippen LogP contribution in [0, 0.1) is 12.8 Å². The smallest absolute Gasteiger partial charge is 0.349 e. The molecule has 7 heteroatoms. The van der Waals surface area contributed by atoms with Gasteiger partial charge in [0.15, 0.2) is 0 Å². The SMILES string of the molecule is Cc1cc(CCC(C)C)oc(=O)c1C(=O)NCCc1cc(=O)[nH]cn1. The van der Waals surface area contributed by atoms with Gasteiger partial charge in [-0.05, 0) is 30.9 Å². The molecule has 0 unspecified atom stereocenters. The Morgan fingerprint density at radius 3 is 2.68 bits per heavy atom. The summed E-state index contributed by atoms with van der Waals surface area (Å²) in [6, 6.07) is 3.12. The maximum Gasteiger partial charge on any atom is 0.349 e. The van der Waals surface area contributed by atoms with E-state index in [1.165, 1.54) is 12.4 Å². The van der Waals surface area contributed by atoms with E-state index in [9.17, 15) is 14.4 Å². The molecule has 0 atom stereocenters. The summed E-state index contributed by atoms with van der Waals surface area (Å²) in [5.74, 6) is 0.624. The molecule has 0 aliphatic carbocycles. The number of hydrogen-bond acceptors (Lipinski definition) is 5. The molecule has 0 aliphatic heterocycles. The van der Waals surface area contributed by atoms with E-state index < -0.39 is 11.5 Å². The highest BCUT2D eigenvalue weighted by atomic mass is 16.4. The predicted octanol–water partition coefficient (Wildman–Crippen LogP) is 1.59. The first kappa shape index (κ1) is 18.6. The Morgan fingerprint density at radius 2 is 2.04 bits per heavy atom. The van der Waals surface area contributed by atoms with Crippen LogP contribution in [-0.2, 0) is 12.8 Å². The second-order valence-corrected chi connectivity index (χ2v) is 6.40. The lowest BCUT2D eigenvalue weighted by atomic mass is 10.0. The molecule has 7 nitrogen and oxygen atoms in total. The summed E-state index contributed by atoms with van der Waals surface area (Å²) in [5.41, 5.74) is 0.320. The van der Waals surface area contributed by atoms with Crippen LogP contribution in [0.25, 0.3) is 0 Å². The van der Waals surface area contributed by atoms with Gasteiger partial charge in [-0.2, -0.15) is 0 Å². The number of amides is 1. The normalized spacial score (nSPS) is 10.9. The minimum atomic E-state index is -0.620. The van der Waals surface area contributed by atoms with Gasteiger partial charge >= 0.3 is 5.63 Å². The molecule has 2 aromatic rings. The molecule has 1 amide bonds. The molecular formula is C18H23N3O4. The van der Waals surface area contributed by atoms with Crippen molar-refractivity contribution >= 4 is 5.91 Å². The van der Waals surface area contributed by atoms with Gasteiger partial charge in [0.2, 0.25) is 0 Å². The van der Waals surface area contributed by atoms with E-state index in [1.807, 2.05) is 0 Å². The van der Waals surface area contributed by atoms with E-state index in [2.05, 4.69) is 29.1 Å². The third-order valence-electron chi connectivity index (χ3n) is 3.80. The quantitative estimate of drug-likeness (QED) is 0.793. The Bertz CT molecular complexity index is 852. The first-order valence-electron chi connectivity index (χ1n) is 8.32. The summed E-state index contributed by atoms with van der Waals surface area (Å²) in [6.07, 6.45) is 3.29. The summed E-state index contributed by atoms with van der Waals surface area (Å²) in [7, 11) is 0. The molecule has 0 saturated heterocycles. The highest BCUT2D eigenvalue weighted by molar-refractivity contribution is 5.95. The van der Waals surface area contributed by atoms with Gasteiger partial charge in [0, 0.05) is 31.1 Å². The number of aromatic nitrogens is 2. The van der Waals surface area contributed by atoms with Crippen molar-refractivity contribution in [3.8, 4) is 0 Å². The maximum absolute atomic E-state index is 12.3. The molecule has 2 aromatic heterocycles. The Labute approximate surface area is 145 Å². The van der Waals surface area contributed by atoms with E-state index in [0.29, 0.717) is 35.8 Å². The lowest BCUT2D eigenvalue weighted by Gasteiger charge is -2.09. The van der Waals surface area contributed by atoms with Crippen molar-refractivity contribution < 1.29 is 9.21 Å². The third kappa shape index (κ3) is 5.41. The van der Waals surface area contributed by atoms with Crippen LogP contribution >= 0.6 is 0 Å². The van der Waals surface area contributed by atoms with Gasteiger partial charge in [-0.15, -0.1) is 0 Å². The predicted molar refractivity (Wildman–Crippen MR) is 93.8 cm³/mol. The van der Waals surface area contributed by atoms with Crippen LogP contribution in [0.15, 0.2) is 32.5 Å². The lowest BCUT2D eigenvalue weighted by molar-refractivity contribution is 0.0949. The largest absolute Gasteiger partial charge is 0.427 e. The molecule has 0 bridgehead atoms. The second kappa shape index (κ2) is 8.41. The standard InChI is InChI=1S/C18H23N3O4/c1-11(2)4-5-14-8-12(3)16(18(24)25-14)17(23)19-7-6-13-9-15(22)21-10-20-13/h8-11H,4-7H2,1-3H3,(H,19,23)(H,20,21,22). The fraction of sp³-hybridized carbons (Fsp3) is 0.444. The average Bonchev–Trinajstić information content (AvgIpc) is 2.52. The number of hydrogen-bond donors (Lipinski definition) is 2. The molecule has 134 valence electrons. The third-order valence-corrected chi connectivity index (χ3v) is 3.80. The Balaban J connectivity index is 2.01. The van der Waals surface area contributed by atoms with E-state index >= 15 is 0 Å². The molecule has 2 rings (SSSR count). The van der Waals surface area contributed by atoms with E-state index in [-0.39, 0.29) is 17.7 Å². The molecular weight excluding hydrogens is 322 g/mol. The zero-order chi connectivity index (χ0) is 18.4. The van der Waals surface area contributed by atoms with Gasteiger partial charge in [0.25, 0.3) is 11.5 Å². The highest BCUT2D eigenvalue weighted by Gasteiger charge is 2.16. The summed E-state index contributed by atoms with van der Waals surface area (Å²) in [5, 5.41) is 2.67. The number of carbonyl (C=O) groups excluding carboxylic acids is 1. The monoisotopic (exact) mass is 345 g/mol. The number of nitrogens with zero attached hydrogens (tertiary/aromatic N) is 1. The minimum absolute atomic E-state index is 0.0205. The van der Waals surface area contributed by atoms with Gasteiger partial charge in [0.1, 0.15) is 11.3 Å². The van der Waals surface area contributed by atoms with Crippen molar-refractivity contribution in [2.45, 2.75) is 40.0 Å². The summed E-state index contributed by atoms with van der Waals surface area (Å²) in [6.45, 7) is 6.19. The molecule has 2 heterocycles. The highest BCUT2D eigenvalue weighted by Crippen LogP contribution is 2.11. The van der Waals surface area contributed by atoms with Crippen molar-refractivity contribution in [2.75, 3.05) is 6.54 Å². The van der Waals surface area contributed by atoms with Gasteiger partial charge in [0.05, 0.1) is 6.33 Å². The van der Waals surface area contributed by atoms with Crippen LogP contribution in [-0.4, -0.2) is 22.4 Å². The molecule has 0 fully saturated rings. The number of carbonyl (C=O) groups is 1. The fourth-order valence-corrected chi connectivity index (χ4v) is 2.44. The van der Waals surface area contributed by atoms with Crippen molar-refractivity contribution in [3.63, 3.8) is 0 Å². The van der Waals surface area contributed by atoms with Crippen molar-refractivity contribution in [3.05, 3.63) is 61.8 Å². The molecule has 0 aliphatic rings.